The van der Waals surface area contributed by atoms with E-state index in [1.807, 2.05) is 19.9 Å². The Morgan fingerprint density at radius 3 is 1.61 bits per heavy atom. The van der Waals surface area contributed by atoms with Gasteiger partial charge in [0.2, 0.25) is 12.2 Å². The molecule has 2 N–H and O–H groups in total. The van der Waals surface area contributed by atoms with Gasteiger partial charge in [-0.3, -0.25) is 4.79 Å². The molecule has 0 fully saturated rings. The highest BCUT2D eigenvalue weighted by atomic mass is 16.6. The molecule has 9 nitrogen and oxygen atoms in total. The van der Waals surface area contributed by atoms with Crippen molar-refractivity contribution in [2.45, 2.75) is 26.1 Å². The summed E-state index contributed by atoms with van der Waals surface area (Å²) < 4.78 is 10.4. The highest BCUT2D eigenvalue weighted by molar-refractivity contribution is 6.01. The van der Waals surface area contributed by atoms with E-state index in [1.165, 1.54) is 48.5 Å². The van der Waals surface area contributed by atoms with Crippen molar-refractivity contribution in [3.8, 4) is 6.07 Å². The zero-order valence-electron chi connectivity index (χ0n) is 19.4. The number of aliphatic carboxylic acids is 1. The number of aryl methyl sites for hydroxylation is 2. The molecular formula is C27H22N2O7. The van der Waals surface area contributed by atoms with Gasteiger partial charge in [0.05, 0.1) is 22.8 Å². The average Bonchev–Trinajstić information content (AvgIpc) is 2.87. The third-order valence-electron chi connectivity index (χ3n) is 5.10. The van der Waals surface area contributed by atoms with Crippen molar-refractivity contribution in [3.63, 3.8) is 0 Å². The molecule has 0 spiro atoms. The standard InChI is InChI=1S/C27H22N2O7/c1-16-3-9-19(10-4-16)26(33)35-22(24(30)29-21-13-7-18(15-28)8-14-21)23(25(31)32)36-27(34)20-11-5-17(2)6-12-20/h3-14,22-23H,1-2H3,(H,29,30)(H,31,32)/t22-,23-/m1/s1. The molecule has 3 aromatic rings. The first-order valence-electron chi connectivity index (χ1n) is 10.8. The lowest BCUT2D eigenvalue weighted by atomic mass is 10.1. The van der Waals surface area contributed by atoms with Crippen LogP contribution in [0.3, 0.4) is 0 Å². The fourth-order valence-corrected chi connectivity index (χ4v) is 3.08. The average molecular weight is 486 g/mol. The molecule has 1 amide bonds. The number of amides is 1. The molecule has 0 aliphatic heterocycles. The summed E-state index contributed by atoms with van der Waals surface area (Å²) in [5, 5.41) is 21.2. The van der Waals surface area contributed by atoms with Gasteiger partial charge in [0, 0.05) is 5.69 Å². The minimum atomic E-state index is -2.15. The van der Waals surface area contributed by atoms with Crippen LogP contribution in [0.5, 0.6) is 0 Å². The number of carbonyl (C=O) groups excluding carboxylic acids is 3. The number of nitriles is 1. The number of nitrogens with zero attached hydrogens (tertiary/aromatic N) is 1. The van der Waals surface area contributed by atoms with Gasteiger partial charge in [0.15, 0.2) is 0 Å². The number of rotatable bonds is 8. The smallest absolute Gasteiger partial charge is 0.349 e. The molecule has 0 saturated carbocycles. The molecular weight excluding hydrogens is 464 g/mol. The van der Waals surface area contributed by atoms with Crippen LogP contribution in [-0.2, 0) is 19.1 Å². The predicted octanol–water partition coefficient (Wildman–Crippen LogP) is 3.65. The number of ether oxygens (including phenoxy) is 2. The van der Waals surface area contributed by atoms with Crippen LogP contribution >= 0.6 is 0 Å². The molecule has 36 heavy (non-hydrogen) atoms. The quantitative estimate of drug-likeness (QED) is 0.459. The third-order valence-corrected chi connectivity index (χ3v) is 5.10. The maximum Gasteiger partial charge on any atom is 0.349 e. The lowest BCUT2D eigenvalue weighted by molar-refractivity contribution is -0.157. The van der Waals surface area contributed by atoms with Crippen molar-refractivity contribution in [3.05, 3.63) is 101 Å². The Balaban J connectivity index is 1.90. The van der Waals surface area contributed by atoms with Crippen molar-refractivity contribution in [2.24, 2.45) is 0 Å². The van der Waals surface area contributed by atoms with Crippen molar-refractivity contribution >= 4 is 29.5 Å². The van der Waals surface area contributed by atoms with Gasteiger partial charge >= 0.3 is 17.9 Å². The van der Waals surface area contributed by atoms with Gasteiger partial charge in [-0.05, 0) is 62.4 Å². The van der Waals surface area contributed by atoms with E-state index in [9.17, 15) is 24.3 Å². The van der Waals surface area contributed by atoms with E-state index in [1.54, 1.807) is 24.3 Å². The maximum atomic E-state index is 13.1. The fourth-order valence-electron chi connectivity index (χ4n) is 3.08. The van der Waals surface area contributed by atoms with Crippen LogP contribution < -0.4 is 5.32 Å². The van der Waals surface area contributed by atoms with Crippen LogP contribution in [0, 0.1) is 25.2 Å². The first kappa shape index (κ1) is 25.6. The summed E-state index contributed by atoms with van der Waals surface area (Å²) >= 11 is 0. The number of carbonyl (C=O) groups is 4. The second-order valence-electron chi connectivity index (χ2n) is 7.90. The molecule has 0 saturated heterocycles. The maximum absolute atomic E-state index is 13.1. The van der Waals surface area contributed by atoms with Crippen LogP contribution in [0.25, 0.3) is 0 Å². The summed E-state index contributed by atoms with van der Waals surface area (Å²) in [6.07, 6.45) is -4.17. The summed E-state index contributed by atoms with van der Waals surface area (Å²) in [5.41, 5.74) is 2.43. The number of nitrogens with one attached hydrogen (secondary N) is 1. The Labute approximate surface area is 206 Å². The monoisotopic (exact) mass is 486 g/mol. The summed E-state index contributed by atoms with van der Waals surface area (Å²) in [4.78, 5) is 50.6. The number of esters is 2. The summed E-state index contributed by atoms with van der Waals surface area (Å²) in [7, 11) is 0. The summed E-state index contributed by atoms with van der Waals surface area (Å²) in [6, 6.07) is 20.0. The molecule has 0 aromatic heterocycles. The second kappa shape index (κ2) is 11.4. The van der Waals surface area contributed by atoms with Gasteiger partial charge in [-0.2, -0.15) is 5.26 Å². The molecule has 0 bridgehead atoms. The molecule has 0 aliphatic rings. The van der Waals surface area contributed by atoms with Gasteiger partial charge in [0.25, 0.3) is 5.91 Å². The Bertz CT molecular complexity index is 1310. The van der Waals surface area contributed by atoms with E-state index >= 15 is 0 Å². The van der Waals surface area contributed by atoms with Gasteiger partial charge < -0.3 is 19.9 Å². The molecule has 3 rings (SSSR count). The number of hydrogen-bond acceptors (Lipinski definition) is 7. The second-order valence-corrected chi connectivity index (χ2v) is 7.90. The van der Waals surface area contributed by atoms with Crippen molar-refractivity contribution in [1.29, 1.82) is 5.26 Å². The fraction of sp³-hybridized carbons (Fsp3) is 0.148. The summed E-state index contributed by atoms with van der Waals surface area (Å²) in [5.74, 6) is -4.71. The minimum absolute atomic E-state index is 0.0583. The number of carboxylic acids is 1. The van der Waals surface area contributed by atoms with Crippen LogP contribution in [0.15, 0.2) is 72.8 Å². The SMILES string of the molecule is Cc1ccc(C(=O)O[C@@H](C(=O)O)[C@@H](OC(=O)c2ccc(C)cc2)C(=O)Nc2ccc(C#N)cc2)cc1. The van der Waals surface area contributed by atoms with Crippen molar-refractivity contribution in [1.82, 2.24) is 0 Å². The van der Waals surface area contributed by atoms with E-state index in [0.29, 0.717) is 5.56 Å². The zero-order chi connectivity index (χ0) is 26.2. The van der Waals surface area contributed by atoms with Gasteiger partial charge in [-0.25, -0.2) is 14.4 Å². The largest absolute Gasteiger partial charge is 0.478 e. The topological polar surface area (TPSA) is 143 Å². The highest BCUT2D eigenvalue weighted by Crippen LogP contribution is 2.17. The Hall–Kier alpha value is -4.97. The van der Waals surface area contributed by atoms with Crippen LogP contribution in [0.2, 0.25) is 0 Å². The minimum Gasteiger partial charge on any atom is -0.478 e. The normalized spacial score (nSPS) is 11.9. The molecule has 0 heterocycles. The first-order valence-corrected chi connectivity index (χ1v) is 10.8. The summed E-state index contributed by atoms with van der Waals surface area (Å²) in [6.45, 7) is 3.62. The molecule has 3 aromatic carbocycles. The molecule has 9 heteroatoms. The first-order chi connectivity index (χ1) is 17.2. The number of benzene rings is 3. The van der Waals surface area contributed by atoms with Gasteiger partial charge in [-0.1, -0.05) is 35.4 Å². The predicted molar refractivity (Wildman–Crippen MR) is 128 cm³/mol. The Morgan fingerprint density at radius 1 is 0.750 bits per heavy atom. The van der Waals surface area contributed by atoms with Crippen molar-refractivity contribution < 1.29 is 33.8 Å². The van der Waals surface area contributed by atoms with E-state index < -0.39 is 36.0 Å². The van der Waals surface area contributed by atoms with Crippen molar-refractivity contribution in [2.75, 3.05) is 5.32 Å². The Morgan fingerprint density at radius 2 is 1.19 bits per heavy atom. The number of hydrogen-bond donors (Lipinski definition) is 2. The van der Waals surface area contributed by atoms with E-state index in [2.05, 4.69) is 5.32 Å². The van der Waals surface area contributed by atoms with E-state index in [-0.39, 0.29) is 16.8 Å². The van der Waals surface area contributed by atoms with Gasteiger partial charge in [-0.15, -0.1) is 0 Å². The van der Waals surface area contributed by atoms with Crippen LogP contribution in [0.1, 0.15) is 37.4 Å². The highest BCUT2D eigenvalue weighted by Gasteiger charge is 2.41. The molecule has 182 valence electrons. The molecule has 0 radical (unpaired) electrons. The lowest BCUT2D eigenvalue weighted by Gasteiger charge is -2.23. The van der Waals surface area contributed by atoms with E-state index in [0.717, 1.165) is 11.1 Å². The third kappa shape index (κ3) is 6.55. The Kier molecular flexibility index (Phi) is 8.15. The molecule has 0 unspecified atom stereocenters. The zero-order valence-corrected chi connectivity index (χ0v) is 19.4. The van der Waals surface area contributed by atoms with Gasteiger partial charge in [0.1, 0.15) is 0 Å². The lowest BCUT2D eigenvalue weighted by Crippen LogP contribution is -2.48. The number of carboxylic acid groups (broad SMARTS) is 1. The molecule has 2 atom stereocenters. The van der Waals surface area contributed by atoms with Crippen LogP contribution in [0.4, 0.5) is 5.69 Å². The number of anilines is 1. The molecule has 0 aliphatic carbocycles. The van der Waals surface area contributed by atoms with Crippen LogP contribution in [-0.4, -0.2) is 41.1 Å². The van der Waals surface area contributed by atoms with E-state index in [4.69, 9.17) is 14.7 Å².